The molecule has 0 amide bonds. The largest absolute Gasteiger partial charge is 0.367 e. The molecule has 0 aliphatic heterocycles. The van der Waals surface area contributed by atoms with E-state index in [9.17, 15) is 4.79 Å². The van der Waals surface area contributed by atoms with E-state index in [1.54, 1.807) is 0 Å². The molecule has 2 aromatic carbocycles. The second kappa shape index (κ2) is 5.51. The van der Waals surface area contributed by atoms with Gasteiger partial charge < -0.3 is 10.3 Å². The van der Waals surface area contributed by atoms with Crippen LogP contribution in [0.4, 0.5) is 5.82 Å². The van der Waals surface area contributed by atoms with Gasteiger partial charge in [-0.25, -0.2) is 0 Å². The minimum Gasteiger partial charge on any atom is -0.367 e. The topological polar surface area (TPSA) is 44.9 Å². The van der Waals surface area contributed by atoms with Crippen LogP contribution in [0.15, 0.2) is 53.0 Å². The maximum atomic E-state index is 11.3. The van der Waals surface area contributed by atoms with E-state index < -0.39 is 0 Å². The molecule has 0 saturated heterocycles. The summed E-state index contributed by atoms with van der Waals surface area (Å²) in [4.78, 5) is 14.5. The number of nitrogens with one attached hydrogen (secondary N) is 2. The molecule has 3 nitrogen and oxygen atoms in total. The van der Waals surface area contributed by atoms with Crippen molar-refractivity contribution in [1.82, 2.24) is 4.98 Å². The molecular formula is C16H13BrN2O. The molecule has 0 saturated carbocycles. The summed E-state index contributed by atoms with van der Waals surface area (Å²) in [7, 11) is 0. The molecule has 0 fully saturated rings. The van der Waals surface area contributed by atoms with Crippen molar-refractivity contribution < 1.29 is 4.79 Å². The third-order valence-electron chi connectivity index (χ3n) is 3.25. The third-order valence-corrected chi connectivity index (χ3v) is 3.78. The number of hydrogen-bond acceptors (Lipinski definition) is 2. The maximum Gasteiger partial charge on any atom is 0.154 e. The zero-order chi connectivity index (χ0) is 13.9. The Morgan fingerprint density at radius 2 is 1.85 bits per heavy atom. The predicted molar refractivity (Wildman–Crippen MR) is 85.2 cm³/mol. The maximum absolute atomic E-state index is 11.3. The number of aromatic nitrogens is 1. The van der Waals surface area contributed by atoms with Crippen LogP contribution in [0.1, 0.15) is 15.9 Å². The van der Waals surface area contributed by atoms with Crippen molar-refractivity contribution in [1.29, 1.82) is 0 Å². The van der Waals surface area contributed by atoms with E-state index in [4.69, 9.17) is 0 Å². The molecule has 100 valence electrons. The number of para-hydroxylation sites is 1. The van der Waals surface area contributed by atoms with Crippen molar-refractivity contribution in [3.05, 3.63) is 64.1 Å². The summed E-state index contributed by atoms with van der Waals surface area (Å²) in [5.74, 6) is 0.768. The third kappa shape index (κ3) is 2.47. The highest BCUT2D eigenvalue weighted by atomic mass is 79.9. The number of carbonyl (C=O) groups is 1. The van der Waals surface area contributed by atoms with Crippen LogP contribution < -0.4 is 5.32 Å². The van der Waals surface area contributed by atoms with Gasteiger partial charge in [0.1, 0.15) is 5.82 Å². The summed E-state index contributed by atoms with van der Waals surface area (Å²) >= 11 is 3.41. The smallest absolute Gasteiger partial charge is 0.154 e. The fraction of sp³-hybridized carbons (Fsp3) is 0.0625. The molecule has 1 heterocycles. The fourth-order valence-corrected chi connectivity index (χ4v) is 2.48. The monoisotopic (exact) mass is 328 g/mol. The van der Waals surface area contributed by atoms with Gasteiger partial charge in [-0.05, 0) is 23.8 Å². The lowest BCUT2D eigenvalue weighted by atomic mass is 10.2. The van der Waals surface area contributed by atoms with E-state index in [1.165, 1.54) is 0 Å². The van der Waals surface area contributed by atoms with Gasteiger partial charge in [0.25, 0.3) is 0 Å². The number of carbonyl (C=O) groups excluding carboxylic acids is 1. The average Bonchev–Trinajstić information content (AvgIpc) is 2.84. The number of fused-ring (bicyclic) bond motifs is 1. The van der Waals surface area contributed by atoms with E-state index in [0.717, 1.165) is 33.0 Å². The molecule has 1 aromatic heterocycles. The first-order chi connectivity index (χ1) is 9.78. The molecule has 0 spiro atoms. The minimum atomic E-state index is 0.668. The summed E-state index contributed by atoms with van der Waals surface area (Å²) in [5, 5.41) is 4.23. The number of halogens is 1. The zero-order valence-corrected chi connectivity index (χ0v) is 12.3. The molecule has 0 unspecified atom stereocenters. The summed E-state index contributed by atoms with van der Waals surface area (Å²) in [5.41, 5.74) is 2.80. The van der Waals surface area contributed by atoms with Crippen LogP contribution in [-0.4, -0.2) is 11.3 Å². The lowest BCUT2D eigenvalue weighted by Gasteiger charge is -2.05. The zero-order valence-electron chi connectivity index (χ0n) is 10.7. The number of aldehydes is 1. The van der Waals surface area contributed by atoms with Gasteiger partial charge in [0.05, 0.1) is 5.56 Å². The summed E-state index contributed by atoms with van der Waals surface area (Å²) in [6.45, 7) is 0.668. The number of aromatic amines is 1. The summed E-state index contributed by atoms with van der Waals surface area (Å²) in [6.07, 6.45) is 0.892. The van der Waals surface area contributed by atoms with Gasteiger partial charge >= 0.3 is 0 Å². The van der Waals surface area contributed by atoms with E-state index in [-0.39, 0.29) is 0 Å². The van der Waals surface area contributed by atoms with E-state index >= 15 is 0 Å². The van der Waals surface area contributed by atoms with Crippen LogP contribution in [0.2, 0.25) is 0 Å². The molecule has 3 rings (SSSR count). The Labute approximate surface area is 125 Å². The van der Waals surface area contributed by atoms with Crippen LogP contribution in [0.25, 0.3) is 10.9 Å². The minimum absolute atomic E-state index is 0.668. The second-order valence-electron chi connectivity index (χ2n) is 4.56. The van der Waals surface area contributed by atoms with Crippen molar-refractivity contribution in [3.63, 3.8) is 0 Å². The first-order valence-electron chi connectivity index (χ1n) is 6.32. The van der Waals surface area contributed by atoms with Crippen LogP contribution in [-0.2, 0) is 6.54 Å². The number of benzene rings is 2. The summed E-state index contributed by atoms with van der Waals surface area (Å²) in [6, 6.07) is 15.9. The Balaban J connectivity index is 1.87. The van der Waals surface area contributed by atoms with Gasteiger partial charge in [0.2, 0.25) is 0 Å². The molecule has 0 aliphatic rings. The van der Waals surface area contributed by atoms with Crippen LogP contribution >= 0.6 is 15.9 Å². The first-order valence-corrected chi connectivity index (χ1v) is 7.11. The molecule has 0 atom stereocenters. The molecule has 0 bridgehead atoms. The van der Waals surface area contributed by atoms with Crippen molar-refractivity contribution >= 4 is 38.9 Å². The van der Waals surface area contributed by atoms with E-state index in [0.29, 0.717) is 12.1 Å². The normalized spacial score (nSPS) is 10.7. The molecular weight excluding hydrogens is 316 g/mol. The first kappa shape index (κ1) is 12.9. The SMILES string of the molecule is O=Cc1c(NCc2ccc(Br)cc2)[nH]c2ccccc12. The Bertz CT molecular complexity index is 747. The van der Waals surface area contributed by atoms with E-state index in [1.807, 2.05) is 48.5 Å². The molecule has 0 aliphatic carbocycles. The number of anilines is 1. The van der Waals surface area contributed by atoms with Crippen LogP contribution in [0, 0.1) is 0 Å². The Kier molecular flexibility index (Phi) is 3.56. The summed E-state index contributed by atoms with van der Waals surface area (Å²) < 4.78 is 1.06. The lowest BCUT2D eigenvalue weighted by molar-refractivity contribution is 0.112. The Morgan fingerprint density at radius 1 is 1.10 bits per heavy atom. The molecule has 0 radical (unpaired) electrons. The average molecular weight is 329 g/mol. The Hall–Kier alpha value is -2.07. The second-order valence-corrected chi connectivity index (χ2v) is 5.47. The number of rotatable bonds is 4. The standard InChI is InChI=1S/C16H13BrN2O/c17-12-7-5-11(6-8-12)9-18-16-14(10-20)13-3-1-2-4-15(13)19-16/h1-8,10,18-19H,9H2. The van der Waals surface area contributed by atoms with Gasteiger partial charge in [0, 0.05) is 21.9 Å². The van der Waals surface area contributed by atoms with Gasteiger partial charge in [-0.3, -0.25) is 4.79 Å². The predicted octanol–water partition coefficient (Wildman–Crippen LogP) is 4.36. The van der Waals surface area contributed by atoms with Crippen molar-refractivity contribution in [2.75, 3.05) is 5.32 Å². The highest BCUT2D eigenvalue weighted by Gasteiger charge is 2.09. The highest BCUT2D eigenvalue weighted by molar-refractivity contribution is 9.10. The van der Waals surface area contributed by atoms with Crippen molar-refractivity contribution in [2.24, 2.45) is 0 Å². The van der Waals surface area contributed by atoms with Gasteiger partial charge in [-0.2, -0.15) is 0 Å². The quantitative estimate of drug-likeness (QED) is 0.699. The van der Waals surface area contributed by atoms with Crippen molar-refractivity contribution in [3.8, 4) is 0 Å². The van der Waals surface area contributed by atoms with Gasteiger partial charge in [-0.1, -0.05) is 46.3 Å². The molecule has 3 aromatic rings. The number of hydrogen-bond donors (Lipinski definition) is 2. The van der Waals surface area contributed by atoms with Crippen LogP contribution in [0.5, 0.6) is 0 Å². The van der Waals surface area contributed by atoms with Crippen molar-refractivity contribution in [2.45, 2.75) is 6.54 Å². The lowest BCUT2D eigenvalue weighted by Crippen LogP contribution is -2.01. The molecule has 20 heavy (non-hydrogen) atoms. The fourth-order valence-electron chi connectivity index (χ4n) is 2.22. The highest BCUT2D eigenvalue weighted by Crippen LogP contribution is 2.25. The van der Waals surface area contributed by atoms with E-state index in [2.05, 4.69) is 26.2 Å². The Morgan fingerprint density at radius 3 is 2.60 bits per heavy atom. The van der Waals surface area contributed by atoms with Crippen LogP contribution in [0.3, 0.4) is 0 Å². The molecule has 4 heteroatoms. The molecule has 2 N–H and O–H groups in total. The van der Waals surface area contributed by atoms with Gasteiger partial charge in [-0.15, -0.1) is 0 Å². The van der Waals surface area contributed by atoms with Gasteiger partial charge in [0.15, 0.2) is 6.29 Å². The number of H-pyrrole nitrogens is 1.